The fourth-order valence-corrected chi connectivity index (χ4v) is 8.11. The number of hydrogen-bond acceptors (Lipinski definition) is 6. The number of rotatable bonds is 8. The second-order valence-corrected chi connectivity index (χ2v) is 16.0. The lowest BCUT2D eigenvalue weighted by Gasteiger charge is -2.38. The van der Waals surface area contributed by atoms with Crippen LogP contribution < -0.4 is 20.7 Å². The van der Waals surface area contributed by atoms with Crippen molar-refractivity contribution in [3.63, 3.8) is 0 Å². The highest BCUT2D eigenvalue weighted by Gasteiger charge is 2.35. The van der Waals surface area contributed by atoms with E-state index >= 15 is 4.39 Å². The molecule has 2 fully saturated rings. The van der Waals surface area contributed by atoms with E-state index < -0.39 is 32.0 Å². The predicted molar refractivity (Wildman–Crippen MR) is 170 cm³/mol. The summed E-state index contributed by atoms with van der Waals surface area (Å²) in [5.41, 5.74) is 1.43. The number of halogens is 4. The first-order valence-electron chi connectivity index (χ1n) is 14.6. The zero-order chi connectivity index (χ0) is 30.8. The highest BCUT2D eigenvalue weighted by atomic mass is 32.1. The van der Waals surface area contributed by atoms with Crippen LogP contribution in [0.3, 0.4) is 0 Å². The van der Waals surface area contributed by atoms with Crippen LogP contribution in [0.15, 0.2) is 36.4 Å². The average molecular weight is 636 g/mol. The summed E-state index contributed by atoms with van der Waals surface area (Å²) in [6, 6.07) is 10.5. The number of fused-ring (bicyclic) bond motifs is 1. The number of benzene rings is 2. The van der Waals surface area contributed by atoms with Gasteiger partial charge in [-0.2, -0.15) is 13.2 Å². The maximum absolute atomic E-state index is 15.3. The molecule has 2 aromatic carbocycles. The van der Waals surface area contributed by atoms with Gasteiger partial charge in [0, 0.05) is 24.4 Å². The molecule has 0 spiro atoms. The van der Waals surface area contributed by atoms with Gasteiger partial charge in [0.05, 0.1) is 47.1 Å². The van der Waals surface area contributed by atoms with Gasteiger partial charge in [0.2, 0.25) is 0 Å². The Balaban J connectivity index is 1.35. The van der Waals surface area contributed by atoms with Crippen molar-refractivity contribution < 1.29 is 26.9 Å². The van der Waals surface area contributed by atoms with Crippen LogP contribution in [0.1, 0.15) is 42.5 Å². The van der Waals surface area contributed by atoms with Crippen molar-refractivity contribution in [2.24, 2.45) is 0 Å². The minimum atomic E-state index is -4.41. The van der Waals surface area contributed by atoms with E-state index in [1.54, 1.807) is 43.7 Å². The van der Waals surface area contributed by atoms with E-state index in [0.29, 0.717) is 56.4 Å². The molecule has 1 aliphatic heterocycles. The van der Waals surface area contributed by atoms with Gasteiger partial charge < -0.3 is 19.9 Å². The molecule has 0 bridgehead atoms. The Kier molecular flexibility index (Phi) is 9.65. The topological polar surface area (TPSA) is 53.6 Å². The molecule has 2 aliphatic rings. The van der Waals surface area contributed by atoms with Crippen LogP contribution in [0, 0.1) is 11.8 Å². The van der Waals surface area contributed by atoms with E-state index in [2.05, 4.69) is 27.4 Å². The lowest BCUT2D eigenvalue weighted by molar-refractivity contribution is -0.126. The molecule has 2 unspecified atom stereocenters. The van der Waals surface area contributed by atoms with E-state index in [0.717, 1.165) is 19.4 Å². The fraction of sp³-hybridized carbons (Fsp3) is 0.500. The first-order valence-corrected chi connectivity index (χ1v) is 18.1. The molecular formula is C32H38F4N3O2PS. The molecule has 5 rings (SSSR count). The van der Waals surface area contributed by atoms with Crippen molar-refractivity contribution in [2.45, 2.75) is 63.0 Å². The van der Waals surface area contributed by atoms with Crippen molar-refractivity contribution in [1.29, 1.82) is 0 Å². The number of hydrogen-bond donors (Lipinski definition) is 2. The van der Waals surface area contributed by atoms with E-state index in [1.807, 2.05) is 6.07 Å². The number of nitrogens with zero attached hydrogens (tertiary/aromatic N) is 1. The summed E-state index contributed by atoms with van der Waals surface area (Å²) >= 11 is 1.21. The SMILES string of the molecule is COc1cc(P(C)(C)=O)ccc1NCC#Cc1sc2c(NC3CCN(C4CCCC4)CC3F)cccc2c1CC(F)(F)F. The Morgan fingerprint density at radius 1 is 1.12 bits per heavy atom. The Labute approximate surface area is 254 Å². The molecule has 1 aromatic heterocycles. The standard InChI is InChI=1S/C32H38F4N3O2PS/c1-41-29-18-22(42(2,3)40)13-14-27(29)37-16-7-12-30-24(19-32(34,35)36)23-10-6-11-28(31(23)43-30)38-26-15-17-39(20-25(26)33)21-8-4-5-9-21/h6,10-11,13-14,18,21,25-26,37-38H,4-5,8-9,15-17,19-20H2,1-3H3. The molecule has 2 N–H and O–H groups in total. The van der Waals surface area contributed by atoms with E-state index in [1.165, 1.54) is 31.3 Å². The molecule has 1 aliphatic carbocycles. The number of alkyl halides is 4. The van der Waals surface area contributed by atoms with Crippen molar-refractivity contribution in [3.05, 3.63) is 46.8 Å². The Hall–Kier alpha value is -2.73. The number of ether oxygens (including phenoxy) is 1. The number of nitrogens with one attached hydrogen (secondary N) is 2. The lowest BCUT2D eigenvalue weighted by atomic mass is 10.00. The first-order chi connectivity index (χ1) is 20.4. The Bertz CT molecular complexity index is 1550. The smallest absolute Gasteiger partial charge is 0.393 e. The van der Waals surface area contributed by atoms with Gasteiger partial charge in [-0.25, -0.2) is 4.39 Å². The van der Waals surface area contributed by atoms with Gasteiger partial charge in [-0.05, 0) is 67.8 Å². The minimum Gasteiger partial charge on any atom is -0.495 e. The van der Waals surface area contributed by atoms with Crippen LogP contribution in [0.2, 0.25) is 0 Å². The van der Waals surface area contributed by atoms with Crippen molar-refractivity contribution >= 4 is 45.2 Å². The molecule has 2 heterocycles. The summed E-state index contributed by atoms with van der Waals surface area (Å²) in [5, 5.41) is 7.66. The molecule has 3 aromatic rings. The maximum atomic E-state index is 15.3. The van der Waals surface area contributed by atoms with Crippen molar-refractivity contribution in [2.75, 3.05) is 50.7 Å². The molecule has 2 atom stereocenters. The van der Waals surface area contributed by atoms with E-state index in [4.69, 9.17) is 4.74 Å². The molecule has 1 saturated carbocycles. The maximum Gasteiger partial charge on any atom is 0.393 e. The van der Waals surface area contributed by atoms with Crippen LogP contribution in [0.4, 0.5) is 28.9 Å². The van der Waals surface area contributed by atoms with Crippen molar-refractivity contribution in [3.8, 4) is 17.6 Å². The Morgan fingerprint density at radius 3 is 2.56 bits per heavy atom. The van der Waals surface area contributed by atoms with Gasteiger partial charge >= 0.3 is 6.18 Å². The van der Waals surface area contributed by atoms with Crippen LogP contribution >= 0.6 is 18.5 Å². The van der Waals surface area contributed by atoms with Crippen LogP contribution in [0.5, 0.6) is 5.75 Å². The van der Waals surface area contributed by atoms with Crippen LogP contribution in [0.25, 0.3) is 10.1 Å². The molecule has 1 saturated heterocycles. The number of piperidine rings is 1. The quantitative estimate of drug-likeness (QED) is 0.153. The number of methoxy groups -OCH3 is 1. The average Bonchev–Trinajstić information content (AvgIpc) is 3.60. The third kappa shape index (κ3) is 7.68. The predicted octanol–water partition coefficient (Wildman–Crippen LogP) is 7.49. The number of anilines is 2. The highest BCUT2D eigenvalue weighted by molar-refractivity contribution is 7.70. The van der Waals surface area contributed by atoms with Gasteiger partial charge in [0.1, 0.15) is 19.1 Å². The summed E-state index contributed by atoms with van der Waals surface area (Å²) in [6.07, 6.45) is -1.26. The third-order valence-electron chi connectivity index (χ3n) is 8.33. The third-order valence-corrected chi connectivity index (χ3v) is 11.0. The summed E-state index contributed by atoms with van der Waals surface area (Å²) in [5.74, 6) is 6.43. The summed E-state index contributed by atoms with van der Waals surface area (Å²) < 4.78 is 74.8. The van der Waals surface area contributed by atoms with Gasteiger partial charge in [0.15, 0.2) is 0 Å². The zero-order valence-electron chi connectivity index (χ0n) is 24.7. The molecule has 0 amide bonds. The molecular weight excluding hydrogens is 597 g/mol. The number of thiophene rings is 1. The van der Waals surface area contributed by atoms with Gasteiger partial charge in [-0.15, -0.1) is 11.3 Å². The highest BCUT2D eigenvalue weighted by Crippen LogP contribution is 2.40. The molecule has 232 valence electrons. The van der Waals surface area contributed by atoms with Gasteiger partial charge in [0.25, 0.3) is 0 Å². The van der Waals surface area contributed by atoms with Gasteiger partial charge in [-0.1, -0.05) is 36.8 Å². The first kappa shape index (κ1) is 31.7. The second kappa shape index (κ2) is 13.1. The van der Waals surface area contributed by atoms with Crippen molar-refractivity contribution in [1.82, 2.24) is 4.90 Å². The number of likely N-dealkylation sites (tertiary alicyclic amines) is 1. The van der Waals surface area contributed by atoms with Crippen LogP contribution in [-0.4, -0.2) is 69.4 Å². The van der Waals surface area contributed by atoms with Gasteiger partial charge in [-0.3, -0.25) is 4.90 Å². The van der Waals surface area contributed by atoms with E-state index in [9.17, 15) is 17.7 Å². The second-order valence-electron chi connectivity index (χ2n) is 11.8. The largest absolute Gasteiger partial charge is 0.495 e. The normalized spacial score (nSPS) is 20.2. The van der Waals surface area contributed by atoms with E-state index in [-0.39, 0.29) is 12.1 Å². The molecule has 0 radical (unpaired) electrons. The molecule has 11 heteroatoms. The molecule has 43 heavy (non-hydrogen) atoms. The summed E-state index contributed by atoms with van der Waals surface area (Å²) in [4.78, 5) is 2.61. The zero-order valence-corrected chi connectivity index (χ0v) is 26.4. The monoisotopic (exact) mass is 635 g/mol. The van der Waals surface area contributed by atoms with Crippen LogP contribution in [-0.2, 0) is 11.0 Å². The minimum absolute atomic E-state index is 0.139. The molecule has 5 nitrogen and oxygen atoms in total. The summed E-state index contributed by atoms with van der Waals surface area (Å²) in [6.45, 7) is 4.73. The lowest BCUT2D eigenvalue weighted by Crippen LogP contribution is -2.50. The summed E-state index contributed by atoms with van der Waals surface area (Å²) in [7, 11) is -0.952. The Morgan fingerprint density at radius 2 is 1.88 bits per heavy atom. The fourth-order valence-electron chi connectivity index (χ4n) is 6.08.